The third-order valence-electron chi connectivity index (χ3n) is 5.03. The van der Waals surface area contributed by atoms with Crippen molar-refractivity contribution in [3.8, 4) is 17.2 Å². The Hall–Kier alpha value is -1.91. The Morgan fingerprint density at radius 2 is 1.64 bits per heavy atom. The smallest absolute Gasteiger partial charge is 0.223 e. The van der Waals surface area contributed by atoms with Gasteiger partial charge >= 0.3 is 0 Å². The molecule has 0 saturated heterocycles. The van der Waals surface area contributed by atoms with Crippen LogP contribution in [0.5, 0.6) is 17.2 Å². The van der Waals surface area contributed by atoms with Crippen LogP contribution >= 0.6 is 0 Å². The van der Waals surface area contributed by atoms with E-state index in [0.29, 0.717) is 36.1 Å². The number of rotatable bonds is 8. The molecule has 140 valence electrons. The molecule has 0 aromatic heterocycles. The summed E-state index contributed by atoms with van der Waals surface area (Å²) in [6.07, 6.45) is 7.23. The van der Waals surface area contributed by atoms with Gasteiger partial charge in [-0.25, -0.2) is 0 Å². The number of carbonyl (C=O) groups is 1. The summed E-state index contributed by atoms with van der Waals surface area (Å²) in [6, 6.07) is 4.27. The predicted octanol–water partition coefficient (Wildman–Crippen LogP) is 3.83. The van der Waals surface area contributed by atoms with E-state index < -0.39 is 0 Å². The summed E-state index contributed by atoms with van der Waals surface area (Å²) >= 11 is 0. The highest BCUT2D eigenvalue weighted by atomic mass is 16.5. The van der Waals surface area contributed by atoms with Crippen LogP contribution in [0.15, 0.2) is 12.1 Å². The Balaban J connectivity index is 2.05. The normalized spacial score (nSPS) is 14.9. The molecule has 0 heterocycles. The first-order valence-corrected chi connectivity index (χ1v) is 9.22. The first-order chi connectivity index (χ1) is 12.1. The minimum atomic E-state index is 0.239. The zero-order chi connectivity index (χ0) is 18.2. The molecule has 25 heavy (non-hydrogen) atoms. The number of hydrogen-bond acceptors (Lipinski definition) is 4. The van der Waals surface area contributed by atoms with Gasteiger partial charge in [0.05, 0.1) is 21.3 Å². The number of ether oxygens (including phenoxy) is 3. The summed E-state index contributed by atoms with van der Waals surface area (Å²) in [6.45, 7) is 2.87. The summed E-state index contributed by atoms with van der Waals surface area (Å²) in [7, 11) is 4.80. The van der Waals surface area contributed by atoms with E-state index in [-0.39, 0.29) is 5.91 Å². The fraction of sp³-hybridized carbons (Fsp3) is 0.650. The number of hydrogen-bond donors (Lipinski definition) is 0. The highest BCUT2D eigenvalue weighted by Gasteiger charge is 2.24. The Labute approximate surface area is 151 Å². The molecule has 0 radical (unpaired) electrons. The van der Waals surface area contributed by atoms with Gasteiger partial charge in [0.25, 0.3) is 0 Å². The highest BCUT2D eigenvalue weighted by molar-refractivity contribution is 5.77. The van der Waals surface area contributed by atoms with Gasteiger partial charge in [-0.3, -0.25) is 4.79 Å². The van der Waals surface area contributed by atoms with E-state index in [9.17, 15) is 4.79 Å². The van der Waals surface area contributed by atoms with E-state index in [1.165, 1.54) is 19.3 Å². The topological polar surface area (TPSA) is 48.0 Å². The number of amides is 1. The highest BCUT2D eigenvalue weighted by Crippen LogP contribution is 2.38. The van der Waals surface area contributed by atoms with Crippen molar-refractivity contribution in [3.05, 3.63) is 17.7 Å². The SMILES string of the molecule is CCN(C(=O)CCc1cc(OC)c(OC)c(OC)c1)C1CCCCC1. The maximum absolute atomic E-state index is 12.7. The van der Waals surface area contributed by atoms with E-state index in [1.807, 2.05) is 12.1 Å². The average Bonchev–Trinajstić information content (AvgIpc) is 2.66. The molecule has 1 aliphatic carbocycles. The van der Waals surface area contributed by atoms with Crippen LogP contribution in [0.2, 0.25) is 0 Å². The Morgan fingerprint density at radius 1 is 1.04 bits per heavy atom. The molecule has 5 nitrogen and oxygen atoms in total. The van der Waals surface area contributed by atoms with Crippen LogP contribution in [0.1, 0.15) is 51.0 Å². The fourth-order valence-electron chi connectivity index (χ4n) is 3.71. The number of methoxy groups -OCH3 is 3. The third kappa shape index (κ3) is 4.80. The summed E-state index contributed by atoms with van der Waals surface area (Å²) in [5.41, 5.74) is 1.02. The zero-order valence-corrected chi connectivity index (χ0v) is 16.0. The van der Waals surface area contributed by atoms with Crippen LogP contribution in [0.4, 0.5) is 0 Å². The standard InChI is InChI=1S/C20H31NO4/c1-5-21(16-9-7-6-8-10-16)19(22)12-11-15-13-17(23-2)20(25-4)18(14-15)24-3/h13-14,16H,5-12H2,1-4H3. The molecule has 0 unspecified atom stereocenters. The zero-order valence-electron chi connectivity index (χ0n) is 16.0. The van der Waals surface area contributed by atoms with E-state index in [4.69, 9.17) is 14.2 Å². The molecular formula is C20H31NO4. The third-order valence-corrected chi connectivity index (χ3v) is 5.03. The van der Waals surface area contributed by atoms with Gasteiger partial charge in [-0.15, -0.1) is 0 Å². The molecule has 1 fully saturated rings. The van der Waals surface area contributed by atoms with Gasteiger partial charge in [-0.2, -0.15) is 0 Å². The minimum absolute atomic E-state index is 0.239. The Morgan fingerprint density at radius 3 is 2.12 bits per heavy atom. The van der Waals surface area contributed by atoms with Crippen LogP contribution in [0.25, 0.3) is 0 Å². The van der Waals surface area contributed by atoms with Crippen molar-refractivity contribution in [3.63, 3.8) is 0 Å². The number of aryl methyl sites for hydroxylation is 1. The summed E-state index contributed by atoms with van der Waals surface area (Å²) in [5.74, 6) is 2.08. The van der Waals surface area contributed by atoms with Crippen LogP contribution < -0.4 is 14.2 Å². The lowest BCUT2D eigenvalue weighted by molar-refractivity contribution is -0.133. The van der Waals surface area contributed by atoms with E-state index in [0.717, 1.165) is 24.9 Å². The molecule has 1 amide bonds. The van der Waals surface area contributed by atoms with Gasteiger partial charge in [0.1, 0.15) is 0 Å². The maximum atomic E-state index is 12.7. The lowest BCUT2D eigenvalue weighted by Gasteiger charge is -2.33. The van der Waals surface area contributed by atoms with Gasteiger partial charge in [-0.1, -0.05) is 19.3 Å². The van der Waals surface area contributed by atoms with Crippen molar-refractivity contribution >= 4 is 5.91 Å². The summed E-state index contributed by atoms with van der Waals surface area (Å²) in [5, 5.41) is 0. The molecule has 0 bridgehead atoms. The molecular weight excluding hydrogens is 318 g/mol. The van der Waals surface area contributed by atoms with Crippen LogP contribution in [-0.2, 0) is 11.2 Å². The summed E-state index contributed by atoms with van der Waals surface area (Å²) in [4.78, 5) is 14.8. The van der Waals surface area contributed by atoms with E-state index in [1.54, 1.807) is 21.3 Å². The van der Waals surface area contributed by atoms with Gasteiger partial charge < -0.3 is 19.1 Å². The van der Waals surface area contributed by atoms with Gasteiger partial charge in [0.2, 0.25) is 11.7 Å². The molecule has 2 rings (SSSR count). The first-order valence-electron chi connectivity index (χ1n) is 9.22. The monoisotopic (exact) mass is 349 g/mol. The summed E-state index contributed by atoms with van der Waals surface area (Å²) < 4.78 is 16.1. The fourth-order valence-corrected chi connectivity index (χ4v) is 3.71. The molecule has 1 saturated carbocycles. The van der Waals surface area contributed by atoms with Gasteiger partial charge in [-0.05, 0) is 43.9 Å². The molecule has 0 aliphatic heterocycles. The second-order valence-electron chi connectivity index (χ2n) is 6.51. The average molecular weight is 349 g/mol. The van der Waals surface area contributed by atoms with Crippen molar-refractivity contribution in [1.29, 1.82) is 0 Å². The number of nitrogens with zero attached hydrogens (tertiary/aromatic N) is 1. The predicted molar refractivity (Wildman–Crippen MR) is 98.7 cm³/mol. The molecule has 5 heteroatoms. The maximum Gasteiger partial charge on any atom is 0.223 e. The quantitative estimate of drug-likeness (QED) is 0.716. The largest absolute Gasteiger partial charge is 0.493 e. The lowest BCUT2D eigenvalue weighted by Crippen LogP contribution is -2.41. The number of benzene rings is 1. The van der Waals surface area contributed by atoms with E-state index in [2.05, 4.69) is 11.8 Å². The molecule has 0 atom stereocenters. The van der Waals surface area contributed by atoms with Crippen molar-refractivity contribution < 1.29 is 19.0 Å². The van der Waals surface area contributed by atoms with Gasteiger partial charge in [0.15, 0.2) is 11.5 Å². The van der Waals surface area contributed by atoms with Crippen LogP contribution in [0.3, 0.4) is 0 Å². The van der Waals surface area contributed by atoms with E-state index >= 15 is 0 Å². The second-order valence-corrected chi connectivity index (χ2v) is 6.51. The van der Waals surface area contributed by atoms with Crippen LogP contribution in [-0.4, -0.2) is 44.7 Å². The second kappa shape index (κ2) is 9.54. The molecule has 1 aromatic carbocycles. The van der Waals surface area contributed by atoms with Gasteiger partial charge in [0, 0.05) is 19.0 Å². The van der Waals surface area contributed by atoms with Crippen molar-refractivity contribution in [1.82, 2.24) is 4.90 Å². The molecule has 0 N–H and O–H groups in total. The Kier molecular flexibility index (Phi) is 7.41. The lowest BCUT2D eigenvalue weighted by atomic mass is 9.94. The van der Waals surface area contributed by atoms with Crippen molar-refractivity contribution in [2.45, 2.75) is 57.9 Å². The first kappa shape index (κ1) is 19.4. The van der Waals surface area contributed by atoms with Crippen molar-refractivity contribution in [2.24, 2.45) is 0 Å². The molecule has 0 spiro atoms. The number of carbonyl (C=O) groups excluding carboxylic acids is 1. The Bertz CT molecular complexity index is 542. The van der Waals surface area contributed by atoms with Crippen LogP contribution in [0, 0.1) is 0 Å². The molecule has 1 aliphatic rings. The molecule has 1 aromatic rings. The van der Waals surface area contributed by atoms with Crippen molar-refractivity contribution in [2.75, 3.05) is 27.9 Å². The minimum Gasteiger partial charge on any atom is -0.493 e.